The first-order chi connectivity index (χ1) is 11.1. The van der Waals surface area contributed by atoms with Gasteiger partial charge in [0.15, 0.2) is 6.04 Å². The van der Waals surface area contributed by atoms with Gasteiger partial charge in [-0.3, -0.25) is 0 Å². The molecule has 0 saturated heterocycles. The van der Waals surface area contributed by atoms with E-state index in [1.54, 1.807) is 52.8 Å². The molecule has 0 fully saturated rings. The van der Waals surface area contributed by atoms with E-state index in [1.807, 2.05) is 0 Å². The molecule has 0 aromatic heterocycles. The van der Waals surface area contributed by atoms with Crippen LogP contribution < -0.4 is 5.32 Å². The molecule has 8 heteroatoms. The van der Waals surface area contributed by atoms with Gasteiger partial charge in [-0.1, -0.05) is 18.2 Å². The summed E-state index contributed by atoms with van der Waals surface area (Å²) in [4.78, 5) is 23.7. The highest BCUT2D eigenvalue weighted by molar-refractivity contribution is 5.81. The van der Waals surface area contributed by atoms with Crippen molar-refractivity contribution in [3.05, 3.63) is 23.8 Å². The molecular weight excluding hydrogens is 324 g/mol. The molecule has 0 radical (unpaired) electrons. The lowest BCUT2D eigenvalue weighted by Crippen LogP contribution is -2.47. The van der Waals surface area contributed by atoms with Crippen molar-refractivity contribution in [2.45, 2.75) is 52.9 Å². The Labute approximate surface area is 140 Å². The van der Waals surface area contributed by atoms with Gasteiger partial charge in [-0.2, -0.15) is 8.78 Å². The molecule has 0 aromatic carbocycles. The summed E-state index contributed by atoms with van der Waals surface area (Å²) in [5.74, 6) is -0.898. The smallest absolute Gasteiger partial charge is 0.408 e. The maximum Gasteiger partial charge on any atom is 0.408 e. The Kier molecular flexibility index (Phi) is 9.87. The van der Waals surface area contributed by atoms with Gasteiger partial charge in [0.25, 0.3) is 0 Å². The topological polar surface area (TPSA) is 73.9 Å². The first-order valence-corrected chi connectivity index (χ1v) is 7.42. The number of hydrogen-bond acceptors (Lipinski definition) is 5. The van der Waals surface area contributed by atoms with Crippen molar-refractivity contribution in [2.75, 3.05) is 13.2 Å². The summed E-state index contributed by atoms with van der Waals surface area (Å²) in [5, 5.41) is 2.17. The second kappa shape index (κ2) is 10.7. The van der Waals surface area contributed by atoms with Crippen LogP contribution in [0, 0.1) is 0 Å². The fourth-order valence-electron chi connectivity index (χ4n) is 1.48. The van der Waals surface area contributed by atoms with Gasteiger partial charge in [-0.25, -0.2) is 9.59 Å². The van der Waals surface area contributed by atoms with E-state index in [0.717, 1.165) is 5.57 Å². The van der Waals surface area contributed by atoms with E-state index in [4.69, 9.17) is 9.47 Å². The Morgan fingerprint density at radius 1 is 1.21 bits per heavy atom. The number of carbonyl (C=O) groups excluding carboxylic acids is 2. The van der Waals surface area contributed by atoms with Crippen molar-refractivity contribution < 1.29 is 32.6 Å². The van der Waals surface area contributed by atoms with Gasteiger partial charge in [-0.15, -0.1) is 0 Å². The summed E-state index contributed by atoms with van der Waals surface area (Å²) in [6, 6.07) is -1.41. The number of hydrogen-bond donors (Lipinski definition) is 1. The van der Waals surface area contributed by atoms with E-state index in [2.05, 4.69) is 10.1 Å². The number of carbonyl (C=O) groups is 2. The van der Waals surface area contributed by atoms with E-state index in [-0.39, 0.29) is 6.61 Å². The molecule has 1 unspecified atom stereocenters. The zero-order valence-electron chi connectivity index (χ0n) is 14.6. The highest BCUT2D eigenvalue weighted by Gasteiger charge is 2.27. The molecule has 1 N–H and O–H groups in total. The molecule has 0 aromatic rings. The number of rotatable bonds is 8. The van der Waals surface area contributed by atoms with Crippen molar-refractivity contribution >= 4 is 12.1 Å². The van der Waals surface area contributed by atoms with Crippen LogP contribution in [0.15, 0.2) is 23.8 Å². The van der Waals surface area contributed by atoms with E-state index in [9.17, 15) is 18.4 Å². The fraction of sp³-hybridized carbons (Fsp3) is 0.625. The van der Waals surface area contributed by atoms with Crippen LogP contribution in [0.5, 0.6) is 0 Å². The lowest BCUT2D eigenvalue weighted by molar-refractivity contribution is -0.157. The molecule has 0 aliphatic rings. The maximum atomic E-state index is 12.2. The summed E-state index contributed by atoms with van der Waals surface area (Å²) in [6.45, 7) is 4.59. The Balaban J connectivity index is 4.79. The molecule has 0 aliphatic carbocycles. The number of amides is 1. The number of alkyl halides is 2. The summed E-state index contributed by atoms with van der Waals surface area (Å²) >= 11 is 0. The minimum absolute atomic E-state index is 0.0547. The lowest BCUT2D eigenvalue weighted by atomic mass is 10.2. The van der Waals surface area contributed by atoms with Crippen LogP contribution in [0.25, 0.3) is 0 Å². The Hall–Kier alpha value is -1.96. The summed E-state index contributed by atoms with van der Waals surface area (Å²) in [5.41, 5.74) is -0.0803. The van der Waals surface area contributed by atoms with Gasteiger partial charge in [0, 0.05) is 0 Å². The van der Waals surface area contributed by atoms with E-state index < -0.39 is 36.9 Å². The molecule has 0 rings (SSSR count). The molecule has 0 saturated carbocycles. The van der Waals surface area contributed by atoms with Crippen LogP contribution in [-0.4, -0.2) is 43.5 Å². The van der Waals surface area contributed by atoms with Crippen molar-refractivity contribution in [3.63, 3.8) is 0 Å². The summed E-state index contributed by atoms with van der Waals surface area (Å²) in [6.07, 6.45) is 4.31. The first-order valence-electron chi connectivity index (χ1n) is 7.42. The van der Waals surface area contributed by atoms with Crippen molar-refractivity contribution in [2.24, 2.45) is 0 Å². The molecule has 0 spiro atoms. The van der Waals surface area contributed by atoms with E-state index in [0.29, 0.717) is 0 Å². The zero-order valence-corrected chi connectivity index (χ0v) is 14.6. The van der Waals surface area contributed by atoms with Crippen LogP contribution in [0.1, 0.15) is 34.6 Å². The van der Waals surface area contributed by atoms with E-state index in [1.165, 1.54) is 0 Å². The number of allylic oxidation sites excluding steroid dienone is 2. The second-order valence-corrected chi connectivity index (χ2v) is 5.76. The van der Waals surface area contributed by atoms with Crippen molar-refractivity contribution in [3.8, 4) is 0 Å². The number of esters is 1. The lowest BCUT2D eigenvalue weighted by Gasteiger charge is -2.23. The van der Waals surface area contributed by atoms with Crippen LogP contribution in [0.3, 0.4) is 0 Å². The third-order valence-corrected chi connectivity index (χ3v) is 2.50. The van der Waals surface area contributed by atoms with Crippen molar-refractivity contribution in [1.29, 1.82) is 0 Å². The van der Waals surface area contributed by atoms with Gasteiger partial charge in [-0.05, 0) is 40.2 Å². The van der Waals surface area contributed by atoms with Gasteiger partial charge < -0.3 is 19.5 Å². The Morgan fingerprint density at radius 3 is 2.29 bits per heavy atom. The highest BCUT2D eigenvalue weighted by Crippen LogP contribution is 2.08. The van der Waals surface area contributed by atoms with Crippen LogP contribution in [-0.2, 0) is 19.0 Å². The van der Waals surface area contributed by atoms with Gasteiger partial charge >= 0.3 is 18.7 Å². The normalized spacial score (nSPS) is 13.9. The molecule has 1 atom stereocenters. The average Bonchev–Trinajstić information content (AvgIpc) is 2.45. The predicted molar refractivity (Wildman–Crippen MR) is 84.6 cm³/mol. The highest BCUT2D eigenvalue weighted by atomic mass is 19.3. The van der Waals surface area contributed by atoms with Gasteiger partial charge in [0.1, 0.15) is 12.2 Å². The fourth-order valence-corrected chi connectivity index (χ4v) is 1.48. The Morgan fingerprint density at radius 2 is 1.83 bits per heavy atom. The molecule has 0 bridgehead atoms. The largest absolute Gasteiger partial charge is 0.459 e. The van der Waals surface area contributed by atoms with Crippen LogP contribution in [0.2, 0.25) is 0 Å². The Bertz CT molecular complexity index is 470. The first kappa shape index (κ1) is 22.0. The molecule has 138 valence electrons. The SMILES string of the molecule is CC=CC(=CC)COC(=O)C(COC(F)F)NC(=O)OC(C)(C)C. The monoisotopic (exact) mass is 349 g/mol. The number of halogens is 2. The predicted octanol–water partition coefficient (Wildman–Crippen LogP) is 3.18. The number of alkyl carbamates (subject to hydrolysis) is 1. The van der Waals surface area contributed by atoms with Gasteiger partial charge in [0.2, 0.25) is 0 Å². The summed E-state index contributed by atoms with van der Waals surface area (Å²) in [7, 11) is 0. The zero-order chi connectivity index (χ0) is 18.8. The summed E-state index contributed by atoms with van der Waals surface area (Å²) < 4.78 is 38.5. The second-order valence-electron chi connectivity index (χ2n) is 5.76. The molecule has 6 nitrogen and oxygen atoms in total. The average molecular weight is 349 g/mol. The van der Waals surface area contributed by atoms with Crippen LogP contribution in [0.4, 0.5) is 13.6 Å². The molecule has 0 heterocycles. The van der Waals surface area contributed by atoms with E-state index >= 15 is 0 Å². The van der Waals surface area contributed by atoms with Crippen molar-refractivity contribution in [1.82, 2.24) is 5.32 Å². The minimum Gasteiger partial charge on any atom is -0.459 e. The minimum atomic E-state index is -3.07. The standard InChI is InChI=1S/C16H25F2NO5/c1-6-8-11(7-2)9-22-13(20)12(10-23-14(17)18)19-15(21)24-16(3,4)5/h6-8,12,14H,9-10H2,1-5H3,(H,19,21). The molecule has 24 heavy (non-hydrogen) atoms. The molecule has 0 aliphatic heterocycles. The molecular formula is C16H25F2NO5. The quantitative estimate of drug-likeness (QED) is 0.538. The number of nitrogens with one attached hydrogen (secondary N) is 1. The third-order valence-electron chi connectivity index (χ3n) is 2.50. The number of ether oxygens (including phenoxy) is 3. The third kappa shape index (κ3) is 10.7. The molecule has 1 amide bonds. The van der Waals surface area contributed by atoms with Gasteiger partial charge in [0.05, 0.1) is 6.61 Å². The maximum absolute atomic E-state index is 12.2. The van der Waals surface area contributed by atoms with Crippen LogP contribution >= 0.6 is 0 Å².